The summed E-state index contributed by atoms with van der Waals surface area (Å²) in [5.74, 6) is 4.64. The zero-order valence-electron chi connectivity index (χ0n) is 8.33. The summed E-state index contributed by atoms with van der Waals surface area (Å²) in [5.41, 5.74) is 2.32. The molecule has 1 aromatic rings. The molecule has 0 aliphatic heterocycles. The van der Waals surface area contributed by atoms with Gasteiger partial charge >= 0.3 is 5.97 Å². The van der Waals surface area contributed by atoms with Crippen LogP contribution in [0.4, 0.5) is 0 Å². The van der Waals surface area contributed by atoms with E-state index in [1.807, 2.05) is 31.2 Å². The number of hydrogen-bond donors (Lipinski definition) is 0. The van der Waals surface area contributed by atoms with Gasteiger partial charge in [-0.25, -0.2) is 4.79 Å². The molecule has 0 unspecified atom stereocenters. The average molecular weight is 188 g/mol. The van der Waals surface area contributed by atoms with E-state index in [1.165, 1.54) is 12.7 Å². The lowest BCUT2D eigenvalue weighted by atomic mass is 10.1. The number of hydrogen-bond acceptors (Lipinski definition) is 2. The summed E-state index contributed by atoms with van der Waals surface area (Å²) in [7, 11) is 1.32. The molecule has 0 saturated heterocycles. The normalized spacial score (nSPS) is 8.71. The van der Waals surface area contributed by atoms with Gasteiger partial charge in [0, 0.05) is 12.3 Å². The first-order valence-corrected chi connectivity index (χ1v) is 4.34. The first-order valence-electron chi connectivity index (χ1n) is 4.34. The molecule has 1 rings (SSSR count). The number of rotatable bonds is 1. The van der Waals surface area contributed by atoms with E-state index in [2.05, 4.69) is 16.6 Å². The molecule has 0 aliphatic carbocycles. The Kier molecular flexibility index (Phi) is 3.75. The molecular weight excluding hydrogens is 176 g/mol. The van der Waals surface area contributed by atoms with Crippen LogP contribution in [0.2, 0.25) is 0 Å². The molecule has 0 radical (unpaired) electrons. The number of aryl methyl sites for hydroxylation is 1. The summed E-state index contributed by atoms with van der Waals surface area (Å²) in [4.78, 5) is 10.7. The largest absolute Gasteiger partial charge is 0.459 e. The van der Waals surface area contributed by atoms with E-state index >= 15 is 0 Å². The summed E-state index contributed by atoms with van der Waals surface area (Å²) in [5, 5.41) is 0. The van der Waals surface area contributed by atoms with Crippen molar-refractivity contribution in [1.82, 2.24) is 0 Å². The highest BCUT2D eigenvalue weighted by Gasteiger charge is 1.91. The summed E-state index contributed by atoms with van der Waals surface area (Å²) < 4.78 is 4.39. The van der Waals surface area contributed by atoms with Crippen LogP contribution in [0.15, 0.2) is 24.3 Å². The molecule has 0 atom stereocenters. The zero-order valence-corrected chi connectivity index (χ0v) is 8.33. The predicted molar refractivity (Wildman–Crippen MR) is 54.7 cm³/mol. The zero-order chi connectivity index (χ0) is 10.4. The minimum atomic E-state index is -0.489. The highest BCUT2D eigenvalue weighted by atomic mass is 16.5. The van der Waals surface area contributed by atoms with E-state index in [-0.39, 0.29) is 0 Å². The van der Waals surface area contributed by atoms with Crippen LogP contribution in [0, 0.1) is 18.8 Å². The molecule has 0 aliphatic rings. The van der Waals surface area contributed by atoms with Gasteiger partial charge in [-0.05, 0) is 12.5 Å². The minimum Gasteiger partial charge on any atom is -0.459 e. The van der Waals surface area contributed by atoms with Crippen LogP contribution in [0.1, 0.15) is 11.1 Å². The lowest BCUT2D eigenvalue weighted by Crippen LogP contribution is -1.94. The van der Waals surface area contributed by atoms with Crippen molar-refractivity contribution in [2.24, 2.45) is 0 Å². The van der Waals surface area contributed by atoms with E-state index in [9.17, 15) is 4.79 Å². The Bertz CT molecular complexity index is 366. The number of ether oxygens (including phenoxy) is 1. The van der Waals surface area contributed by atoms with Crippen molar-refractivity contribution in [3.8, 4) is 11.8 Å². The van der Waals surface area contributed by atoms with Crippen LogP contribution in [0.5, 0.6) is 0 Å². The van der Waals surface area contributed by atoms with Gasteiger partial charge in [0.15, 0.2) is 0 Å². The van der Waals surface area contributed by atoms with Crippen LogP contribution in [-0.4, -0.2) is 13.1 Å². The topological polar surface area (TPSA) is 26.3 Å². The first-order chi connectivity index (χ1) is 6.72. The van der Waals surface area contributed by atoms with Crippen molar-refractivity contribution in [1.29, 1.82) is 0 Å². The van der Waals surface area contributed by atoms with Gasteiger partial charge in [0.1, 0.15) is 0 Å². The van der Waals surface area contributed by atoms with E-state index in [4.69, 9.17) is 0 Å². The quantitative estimate of drug-likeness (QED) is 0.381. The maximum atomic E-state index is 10.7. The van der Waals surface area contributed by atoms with Crippen LogP contribution in [0.25, 0.3) is 0 Å². The van der Waals surface area contributed by atoms with Gasteiger partial charge in [-0.3, -0.25) is 0 Å². The van der Waals surface area contributed by atoms with Crippen molar-refractivity contribution in [3.05, 3.63) is 35.4 Å². The Balaban J connectivity index is 2.56. The third-order valence-electron chi connectivity index (χ3n) is 1.79. The molecule has 0 fully saturated rings. The Hall–Kier alpha value is -1.75. The monoisotopic (exact) mass is 188 g/mol. The smallest absolute Gasteiger partial charge is 0.384 e. The molecule has 2 nitrogen and oxygen atoms in total. The molecule has 0 saturated carbocycles. The molecule has 0 heterocycles. The summed E-state index contributed by atoms with van der Waals surface area (Å²) in [6.07, 6.45) is 0.579. The highest BCUT2D eigenvalue weighted by molar-refractivity contribution is 5.88. The fourth-order valence-corrected chi connectivity index (χ4v) is 0.975. The van der Waals surface area contributed by atoms with Gasteiger partial charge in [-0.15, -0.1) is 0 Å². The Morgan fingerprint density at radius 1 is 1.36 bits per heavy atom. The first kappa shape index (κ1) is 10.3. The standard InChI is InChI=1S/C12H12O2/c1-10-6-8-11(9-7-10)4-3-5-12(13)14-2/h6-9H,4H2,1-2H3. The second-order valence-electron chi connectivity index (χ2n) is 2.96. The molecule has 0 bridgehead atoms. The minimum absolute atomic E-state index is 0.489. The maximum Gasteiger partial charge on any atom is 0.384 e. The van der Waals surface area contributed by atoms with Crippen molar-refractivity contribution in [2.45, 2.75) is 13.3 Å². The van der Waals surface area contributed by atoms with Crippen molar-refractivity contribution >= 4 is 5.97 Å². The molecular formula is C12H12O2. The predicted octanol–water partition coefficient (Wildman–Crippen LogP) is 1.71. The summed E-state index contributed by atoms with van der Waals surface area (Å²) in [6, 6.07) is 8.05. The third kappa shape index (κ3) is 3.32. The lowest BCUT2D eigenvalue weighted by molar-refractivity contribution is -0.133. The lowest BCUT2D eigenvalue weighted by Gasteiger charge is -1.94. The SMILES string of the molecule is COC(=O)C#CCc1ccc(C)cc1. The molecule has 72 valence electrons. The number of methoxy groups -OCH3 is 1. The molecule has 14 heavy (non-hydrogen) atoms. The molecule has 0 aromatic heterocycles. The van der Waals surface area contributed by atoms with Crippen LogP contribution >= 0.6 is 0 Å². The number of esters is 1. The number of carbonyl (C=O) groups excluding carboxylic acids is 1. The molecule has 1 aromatic carbocycles. The fraction of sp³-hybridized carbons (Fsp3) is 0.250. The highest BCUT2D eigenvalue weighted by Crippen LogP contribution is 2.02. The molecule has 2 heteroatoms. The summed E-state index contributed by atoms with van der Waals surface area (Å²) in [6.45, 7) is 2.03. The van der Waals surface area contributed by atoms with Gasteiger partial charge in [0.2, 0.25) is 0 Å². The van der Waals surface area contributed by atoms with Crippen molar-refractivity contribution in [3.63, 3.8) is 0 Å². The van der Waals surface area contributed by atoms with Gasteiger partial charge in [-0.1, -0.05) is 35.7 Å². The second-order valence-corrected chi connectivity index (χ2v) is 2.96. The molecule has 0 N–H and O–H groups in total. The van der Waals surface area contributed by atoms with E-state index in [0.717, 1.165) is 5.56 Å². The van der Waals surface area contributed by atoms with Gasteiger partial charge in [0.25, 0.3) is 0 Å². The maximum absolute atomic E-state index is 10.7. The number of benzene rings is 1. The van der Waals surface area contributed by atoms with Crippen molar-refractivity contribution < 1.29 is 9.53 Å². The average Bonchev–Trinajstić information content (AvgIpc) is 2.21. The van der Waals surface area contributed by atoms with Gasteiger partial charge < -0.3 is 4.74 Å². The van der Waals surface area contributed by atoms with E-state index in [1.54, 1.807) is 0 Å². The van der Waals surface area contributed by atoms with Crippen molar-refractivity contribution in [2.75, 3.05) is 7.11 Å². The van der Waals surface area contributed by atoms with Crippen LogP contribution < -0.4 is 0 Å². The summed E-state index contributed by atoms with van der Waals surface area (Å²) >= 11 is 0. The Morgan fingerprint density at radius 3 is 2.57 bits per heavy atom. The van der Waals surface area contributed by atoms with Crippen LogP contribution in [0.3, 0.4) is 0 Å². The van der Waals surface area contributed by atoms with Gasteiger partial charge in [-0.2, -0.15) is 0 Å². The second kappa shape index (κ2) is 5.08. The number of carbonyl (C=O) groups is 1. The fourth-order valence-electron chi connectivity index (χ4n) is 0.975. The Labute approximate surface area is 83.9 Å². The van der Waals surface area contributed by atoms with Crippen LogP contribution in [-0.2, 0) is 16.0 Å². The molecule has 0 amide bonds. The Morgan fingerprint density at radius 2 is 2.00 bits per heavy atom. The van der Waals surface area contributed by atoms with Gasteiger partial charge in [0.05, 0.1) is 7.11 Å². The molecule has 0 spiro atoms. The van der Waals surface area contributed by atoms with E-state index in [0.29, 0.717) is 6.42 Å². The van der Waals surface area contributed by atoms with E-state index < -0.39 is 5.97 Å². The third-order valence-corrected chi connectivity index (χ3v) is 1.79.